The third-order valence-corrected chi connectivity index (χ3v) is 5.52. The van der Waals surface area contributed by atoms with Crippen molar-refractivity contribution >= 4 is 29.0 Å². The molecule has 1 atom stereocenters. The Morgan fingerprint density at radius 2 is 2.16 bits per heavy atom. The van der Waals surface area contributed by atoms with Crippen LogP contribution in [0.1, 0.15) is 34.8 Å². The summed E-state index contributed by atoms with van der Waals surface area (Å²) in [5.41, 5.74) is 2.31. The number of nitrogens with zero attached hydrogens (tertiary/aromatic N) is 2. The number of hydrogen-bond acceptors (Lipinski definition) is 5. The van der Waals surface area contributed by atoms with E-state index in [0.29, 0.717) is 10.9 Å². The molecule has 0 aliphatic carbocycles. The van der Waals surface area contributed by atoms with E-state index in [1.54, 1.807) is 11.3 Å². The molecule has 7 heteroatoms. The number of carbonyl (C=O) groups excluding carboxylic acids is 1. The predicted octanol–water partition coefficient (Wildman–Crippen LogP) is 3.73. The Bertz CT molecular complexity index is 829. The van der Waals surface area contributed by atoms with Crippen LogP contribution >= 0.6 is 23.1 Å². The third-order valence-electron chi connectivity index (χ3n) is 3.80. The van der Waals surface area contributed by atoms with E-state index in [-0.39, 0.29) is 11.9 Å². The van der Waals surface area contributed by atoms with Crippen LogP contribution in [0.15, 0.2) is 46.9 Å². The molecule has 3 aromatic rings. The van der Waals surface area contributed by atoms with Crippen LogP contribution in [0, 0.1) is 6.92 Å². The number of thioether (sulfide) groups is 1. The molecule has 3 rings (SSSR count). The van der Waals surface area contributed by atoms with E-state index in [2.05, 4.69) is 39.6 Å². The van der Waals surface area contributed by atoms with Crippen LogP contribution in [0.2, 0.25) is 0 Å². The van der Waals surface area contributed by atoms with Crippen molar-refractivity contribution in [1.29, 1.82) is 0 Å². The van der Waals surface area contributed by atoms with Gasteiger partial charge in [0.25, 0.3) is 0 Å². The highest BCUT2D eigenvalue weighted by atomic mass is 32.2. The van der Waals surface area contributed by atoms with Gasteiger partial charge in [-0.1, -0.05) is 42.1 Å². The fourth-order valence-electron chi connectivity index (χ4n) is 2.56. The van der Waals surface area contributed by atoms with Crippen molar-refractivity contribution in [2.45, 2.75) is 31.5 Å². The van der Waals surface area contributed by atoms with E-state index in [0.717, 1.165) is 17.8 Å². The number of rotatable bonds is 7. The number of benzene rings is 1. The van der Waals surface area contributed by atoms with Gasteiger partial charge in [-0.3, -0.25) is 9.89 Å². The lowest BCUT2D eigenvalue weighted by Crippen LogP contribution is -2.28. The maximum Gasteiger partial charge on any atom is 0.230 e. The van der Waals surface area contributed by atoms with E-state index >= 15 is 0 Å². The topological polar surface area (TPSA) is 70.7 Å². The lowest BCUT2D eigenvalue weighted by molar-refractivity contribution is -0.119. The standard InChI is InChI=1S/C18H20N4OS2/c1-12-6-3-4-8-15(12)13(2)19-17(23)11-25-18-20-16(21-22-18)10-14-7-5-9-24-14/h3-9,13H,10-11H2,1-2H3,(H,19,23)(H,20,21,22)/t13-/m0/s1. The van der Waals surface area contributed by atoms with Crippen LogP contribution < -0.4 is 5.32 Å². The molecule has 0 unspecified atom stereocenters. The van der Waals surface area contributed by atoms with E-state index in [1.165, 1.54) is 22.2 Å². The van der Waals surface area contributed by atoms with E-state index in [9.17, 15) is 4.79 Å². The van der Waals surface area contributed by atoms with E-state index in [4.69, 9.17) is 0 Å². The van der Waals surface area contributed by atoms with Crippen LogP contribution in [-0.4, -0.2) is 26.8 Å². The van der Waals surface area contributed by atoms with Crippen LogP contribution in [0.4, 0.5) is 0 Å². The van der Waals surface area contributed by atoms with Crippen LogP contribution in [0.25, 0.3) is 0 Å². The second kappa shape index (κ2) is 8.31. The Labute approximate surface area is 155 Å². The molecule has 5 nitrogen and oxygen atoms in total. The normalized spacial score (nSPS) is 12.1. The summed E-state index contributed by atoms with van der Waals surface area (Å²) in [7, 11) is 0. The molecule has 0 aliphatic rings. The summed E-state index contributed by atoms with van der Waals surface area (Å²) in [5, 5.41) is 12.8. The van der Waals surface area contributed by atoms with Gasteiger partial charge in [0.05, 0.1) is 11.8 Å². The SMILES string of the molecule is Cc1ccccc1[C@H](C)NC(=O)CSc1n[nH]c(Cc2cccs2)n1. The summed E-state index contributed by atoms with van der Waals surface area (Å²) in [6.07, 6.45) is 0.738. The van der Waals surface area contributed by atoms with Gasteiger partial charge in [0.15, 0.2) is 0 Å². The molecule has 0 radical (unpaired) electrons. The van der Waals surface area contributed by atoms with Crippen molar-refractivity contribution in [3.8, 4) is 0 Å². The average Bonchev–Trinajstić information content (AvgIpc) is 3.26. The van der Waals surface area contributed by atoms with Gasteiger partial charge in [-0.05, 0) is 36.4 Å². The maximum absolute atomic E-state index is 12.2. The first-order valence-corrected chi connectivity index (χ1v) is 9.89. The summed E-state index contributed by atoms with van der Waals surface area (Å²) >= 11 is 3.03. The van der Waals surface area contributed by atoms with Crippen molar-refractivity contribution in [2.75, 3.05) is 5.75 Å². The number of aromatic nitrogens is 3. The molecule has 1 aromatic carbocycles. The Kier molecular flexibility index (Phi) is 5.88. The number of H-pyrrole nitrogens is 1. The van der Waals surface area contributed by atoms with Crippen molar-refractivity contribution in [3.05, 3.63) is 63.6 Å². The van der Waals surface area contributed by atoms with Gasteiger partial charge in [0.1, 0.15) is 5.82 Å². The van der Waals surface area contributed by atoms with Gasteiger partial charge in [0.2, 0.25) is 11.1 Å². The van der Waals surface area contributed by atoms with Gasteiger partial charge in [-0.25, -0.2) is 4.98 Å². The number of nitrogens with one attached hydrogen (secondary N) is 2. The number of aryl methyl sites for hydroxylation is 1. The molecular weight excluding hydrogens is 352 g/mol. The quantitative estimate of drug-likeness (QED) is 0.620. The average molecular weight is 373 g/mol. The van der Waals surface area contributed by atoms with Crippen molar-refractivity contribution in [2.24, 2.45) is 0 Å². The summed E-state index contributed by atoms with van der Waals surface area (Å²) < 4.78 is 0. The number of carbonyl (C=O) groups is 1. The minimum absolute atomic E-state index is 0.0177. The predicted molar refractivity (Wildman–Crippen MR) is 102 cm³/mol. The fraction of sp³-hybridized carbons (Fsp3) is 0.278. The molecule has 1 amide bonds. The summed E-state index contributed by atoms with van der Waals surface area (Å²) in [4.78, 5) is 17.8. The van der Waals surface area contributed by atoms with Gasteiger partial charge in [-0.15, -0.1) is 16.4 Å². The zero-order valence-electron chi connectivity index (χ0n) is 14.2. The minimum atomic E-state index is -0.0228. The van der Waals surface area contributed by atoms with Crippen molar-refractivity contribution in [1.82, 2.24) is 20.5 Å². The minimum Gasteiger partial charge on any atom is -0.349 e. The Balaban J connectivity index is 1.49. The molecular formula is C18H20N4OS2. The largest absolute Gasteiger partial charge is 0.349 e. The van der Waals surface area contributed by atoms with Crippen LogP contribution in [0.3, 0.4) is 0 Å². The molecule has 0 aliphatic heterocycles. The molecule has 2 heterocycles. The van der Waals surface area contributed by atoms with E-state index in [1.807, 2.05) is 36.6 Å². The molecule has 0 bridgehead atoms. The number of aromatic amines is 1. The highest BCUT2D eigenvalue weighted by Gasteiger charge is 2.13. The van der Waals surface area contributed by atoms with E-state index < -0.39 is 0 Å². The maximum atomic E-state index is 12.2. The third kappa shape index (κ3) is 4.93. The lowest BCUT2D eigenvalue weighted by atomic mass is 10.0. The fourth-order valence-corrected chi connectivity index (χ4v) is 3.90. The molecule has 25 heavy (non-hydrogen) atoms. The first-order chi connectivity index (χ1) is 12.1. The molecule has 130 valence electrons. The Hall–Kier alpha value is -2.12. The lowest BCUT2D eigenvalue weighted by Gasteiger charge is -2.16. The van der Waals surface area contributed by atoms with Gasteiger partial charge in [0, 0.05) is 11.3 Å². The van der Waals surface area contributed by atoms with Crippen molar-refractivity contribution in [3.63, 3.8) is 0 Å². The van der Waals surface area contributed by atoms with Gasteiger partial charge >= 0.3 is 0 Å². The van der Waals surface area contributed by atoms with Gasteiger partial charge < -0.3 is 5.32 Å². The molecule has 0 saturated heterocycles. The molecule has 2 aromatic heterocycles. The highest BCUT2D eigenvalue weighted by molar-refractivity contribution is 7.99. The van der Waals surface area contributed by atoms with Crippen LogP contribution in [-0.2, 0) is 11.2 Å². The van der Waals surface area contributed by atoms with Crippen LogP contribution in [0.5, 0.6) is 0 Å². The summed E-state index contributed by atoms with van der Waals surface area (Å²) in [6, 6.07) is 12.2. The zero-order valence-corrected chi connectivity index (χ0v) is 15.8. The zero-order chi connectivity index (χ0) is 17.6. The smallest absolute Gasteiger partial charge is 0.230 e. The molecule has 0 spiro atoms. The highest BCUT2D eigenvalue weighted by Crippen LogP contribution is 2.18. The molecule has 0 fully saturated rings. The number of hydrogen-bond donors (Lipinski definition) is 2. The number of amides is 1. The van der Waals surface area contributed by atoms with Crippen molar-refractivity contribution < 1.29 is 4.79 Å². The number of thiophene rings is 1. The molecule has 0 saturated carbocycles. The first kappa shape index (κ1) is 17.7. The monoisotopic (exact) mass is 372 g/mol. The second-order valence-electron chi connectivity index (χ2n) is 5.76. The first-order valence-electron chi connectivity index (χ1n) is 8.03. The Morgan fingerprint density at radius 1 is 1.32 bits per heavy atom. The Morgan fingerprint density at radius 3 is 2.92 bits per heavy atom. The van der Waals surface area contributed by atoms with Gasteiger partial charge in [-0.2, -0.15) is 0 Å². The summed E-state index contributed by atoms with van der Waals surface area (Å²) in [6.45, 7) is 4.05. The second-order valence-corrected chi connectivity index (χ2v) is 7.73. The molecule has 2 N–H and O–H groups in total. The summed E-state index contributed by atoms with van der Waals surface area (Å²) in [5.74, 6) is 1.09.